The highest BCUT2D eigenvalue weighted by molar-refractivity contribution is 6.06. The SMILES string of the molecule is CC(=O)c1cccc(NC(=O)c2ccc(-c3ccccc3)nc2C)c1. The average Bonchev–Trinajstić information content (AvgIpc) is 2.62. The van der Waals surface area contributed by atoms with Crippen molar-refractivity contribution in [1.29, 1.82) is 0 Å². The van der Waals surface area contributed by atoms with E-state index in [1.165, 1.54) is 6.92 Å². The molecule has 1 N–H and O–H groups in total. The molecule has 2 aromatic carbocycles. The molecule has 0 radical (unpaired) electrons. The standard InChI is InChI=1S/C21H18N2O2/c1-14-19(11-12-20(22-14)16-7-4-3-5-8-16)21(25)23-18-10-6-9-17(13-18)15(2)24/h3-13H,1-2H3,(H,23,25). The average molecular weight is 330 g/mol. The van der Waals surface area contributed by atoms with Crippen molar-refractivity contribution in [1.82, 2.24) is 4.98 Å². The smallest absolute Gasteiger partial charge is 0.257 e. The van der Waals surface area contributed by atoms with E-state index >= 15 is 0 Å². The summed E-state index contributed by atoms with van der Waals surface area (Å²) in [5.41, 5.74) is 4.14. The largest absolute Gasteiger partial charge is 0.322 e. The summed E-state index contributed by atoms with van der Waals surface area (Å²) in [7, 11) is 0. The number of amides is 1. The van der Waals surface area contributed by atoms with Crippen LogP contribution in [0.5, 0.6) is 0 Å². The number of hydrogen-bond acceptors (Lipinski definition) is 3. The first-order valence-corrected chi connectivity index (χ1v) is 8.00. The van der Waals surface area contributed by atoms with Crippen LogP contribution in [0, 0.1) is 6.92 Å². The number of nitrogens with zero attached hydrogens (tertiary/aromatic N) is 1. The second kappa shape index (κ2) is 7.09. The number of pyridine rings is 1. The fraction of sp³-hybridized carbons (Fsp3) is 0.0952. The molecule has 0 aliphatic rings. The molecule has 3 aromatic rings. The van der Waals surface area contributed by atoms with Crippen molar-refractivity contribution < 1.29 is 9.59 Å². The van der Waals surface area contributed by atoms with Gasteiger partial charge in [0, 0.05) is 16.8 Å². The zero-order valence-electron chi connectivity index (χ0n) is 14.1. The summed E-state index contributed by atoms with van der Waals surface area (Å²) in [6.07, 6.45) is 0. The molecule has 0 aliphatic carbocycles. The van der Waals surface area contributed by atoms with Crippen molar-refractivity contribution in [2.75, 3.05) is 5.32 Å². The van der Waals surface area contributed by atoms with Crippen LogP contribution in [0.2, 0.25) is 0 Å². The maximum Gasteiger partial charge on any atom is 0.257 e. The lowest BCUT2D eigenvalue weighted by Gasteiger charge is -2.10. The third kappa shape index (κ3) is 3.80. The first-order chi connectivity index (χ1) is 12.0. The summed E-state index contributed by atoms with van der Waals surface area (Å²) in [5, 5.41) is 2.82. The molecule has 0 unspecified atom stereocenters. The van der Waals surface area contributed by atoms with E-state index in [1.807, 2.05) is 43.3 Å². The highest BCUT2D eigenvalue weighted by atomic mass is 16.1. The summed E-state index contributed by atoms with van der Waals surface area (Å²) < 4.78 is 0. The van der Waals surface area contributed by atoms with Gasteiger partial charge in [-0.25, -0.2) is 0 Å². The molecular weight excluding hydrogens is 312 g/mol. The number of rotatable bonds is 4. The van der Waals surface area contributed by atoms with Crippen LogP contribution in [0.25, 0.3) is 11.3 Å². The number of Topliss-reactive ketones (excluding diaryl/α,β-unsaturated/α-hetero) is 1. The van der Waals surface area contributed by atoms with Gasteiger partial charge in [0.15, 0.2) is 5.78 Å². The lowest BCUT2D eigenvalue weighted by molar-refractivity contribution is 0.101. The number of aryl methyl sites for hydroxylation is 1. The van der Waals surface area contributed by atoms with Crippen LogP contribution >= 0.6 is 0 Å². The van der Waals surface area contributed by atoms with Crippen molar-refractivity contribution >= 4 is 17.4 Å². The van der Waals surface area contributed by atoms with Crippen molar-refractivity contribution in [3.05, 3.63) is 83.6 Å². The summed E-state index contributed by atoms with van der Waals surface area (Å²) in [6, 6.07) is 20.3. The lowest BCUT2D eigenvalue weighted by Crippen LogP contribution is -2.14. The number of hydrogen-bond donors (Lipinski definition) is 1. The zero-order valence-corrected chi connectivity index (χ0v) is 14.1. The number of anilines is 1. The Bertz CT molecular complexity index is 934. The van der Waals surface area contributed by atoms with E-state index in [0.717, 1.165) is 11.3 Å². The van der Waals surface area contributed by atoms with E-state index < -0.39 is 0 Å². The molecule has 0 bridgehead atoms. The third-order valence-corrected chi connectivity index (χ3v) is 3.93. The molecule has 3 rings (SSSR count). The van der Waals surface area contributed by atoms with Gasteiger partial charge in [0.25, 0.3) is 5.91 Å². The van der Waals surface area contributed by atoms with Crippen molar-refractivity contribution in [2.24, 2.45) is 0 Å². The topological polar surface area (TPSA) is 59.1 Å². The van der Waals surface area contributed by atoms with Gasteiger partial charge in [-0.3, -0.25) is 14.6 Å². The lowest BCUT2D eigenvalue weighted by atomic mass is 10.1. The molecule has 0 fully saturated rings. The van der Waals surface area contributed by atoms with Crippen LogP contribution in [-0.4, -0.2) is 16.7 Å². The Hall–Kier alpha value is -3.27. The van der Waals surface area contributed by atoms with Crippen LogP contribution in [-0.2, 0) is 0 Å². The number of benzene rings is 2. The first-order valence-electron chi connectivity index (χ1n) is 8.00. The van der Waals surface area contributed by atoms with Crippen LogP contribution in [0.3, 0.4) is 0 Å². The van der Waals surface area contributed by atoms with Crippen molar-refractivity contribution in [3.8, 4) is 11.3 Å². The van der Waals surface area contributed by atoms with Crippen LogP contribution < -0.4 is 5.32 Å². The summed E-state index contributed by atoms with van der Waals surface area (Å²) in [5.74, 6) is -0.286. The third-order valence-electron chi connectivity index (χ3n) is 3.93. The Labute approximate surface area is 146 Å². The number of carbonyl (C=O) groups is 2. The van der Waals surface area contributed by atoms with E-state index in [9.17, 15) is 9.59 Å². The van der Waals surface area contributed by atoms with E-state index in [0.29, 0.717) is 22.5 Å². The Balaban J connectivity index is 1.83. The van der Waals surface area contributed by atoms with E-state index in [2.05, 4.69) is 10.3 Å². The molecule has 1 amide bonds. The van der Waals surface area contributed by atoms with Gasteiger partial charge in [-0.15, -0.1) is 0 Å². The second-order valence-electron chi connectivity index (χ2n) is 5.79. The molecule has 0 aliphatic heterocycles. The first kappa shape index (κ1) is 16.6. The minimum absolute atomic E-state index is 0.0406. The van der Waals surface area contributed by atoms with Gasteiger partial charge in [0.05, 0.1) is 17.0 Å². The molecule has 4 heteroatoms. The Kier molecular flexibility index (Phi) is 4.70. The summed E-state index contributed by atoms with van der Waals surface area (Å²) in [6.45, 7) is 3.31. The Morgan fingerprint density at radius 3 is 2.36 bits per heavy atom. The summed E-state index contributed by atoms with van der Waals surface area (Å²) >= 11 is 0. The fourth-order valence-corrected chi connectivity index (χ4v) is 2.59. The molecule has 0 atom stereocenters. The van der Waals surface area contributed by atoms with E-state index in [-0.39, 0.29) is 11.7 Å². The predicted octanol–water partition coefficient (Wildman–Crippen LogP) is 4.51. The Morgan fingerprint density at radius 2 is 1.68 bits per heavy atom. The fourth-order valence-electron chi connectivity index (χ4n) is 2.59. The van der Waals surface area contributed by atoms with E-state index in [1.54, 1.807) is 30.3 Å². The second-order valence-corrected chi connectivity index (χ2v) is 5.79. The molecular formula is C21H18N2O2. The zero-order chi connectivity index (χ0) is 17.8. The molecule has 124 valence electrons. The molecule has 0 saturated carbocycles. The maximum atomic E-state index is 12.5. The molecule has 1 heterocycles. The van der Waals surface area contributed by atoms with E-state index in [4.69, 9.17) is 0 Å². The normalized spacial score (nSPS) is 10.3. The quantitative estimate of drug-likeness (QED) is 0.716. The Morgan fingerprint density at radius 1 is 0.920 bits per heavy atom. The molecule has 25 heavy (non-hydrogen) atoms. The summed E-state index contributed by atoms with van der Waals surface area (Å²) in [4.78, 5) is 28.5. The molecule has 1 aromatic heterocycles. The highest BCUT2D eigenvalue weighted by Gasteiger charge is 2.12. The van der Waals surface area contributed by atoms with Crippen LogP contribution in [0.4, 0.5) is 5.69 Å². The molecule has 0 spiro atoms. The van der Waals surface area contributed by atoms with Gasteiger partial charge >= 0.3 is 0 Å². The van der Waals surface area contributed by atoms with Crippen molar-refractivity contribution in [3.63, 3.8) is 0 Å². The van der Waals surface area contributed by atoms with Crippen LogP contribution in [0.15, 0.2) is 66.7 Å². The molecule has 0 saturated heterocycles. The van der Waals surface area contributed by atoms with Gasteiger partial charge in [-0.1, -0.05) is 42.5 Å². The van der Waals surface area contributed by atoms with Gasteiger partial charge in [0.2, 0.25) is 0 Å². The van der Waals surface area contributed by atoms with Gasteiger partial charge < -0.3 is 5.32 Å². The number of nitrogens with one attached hydrogen (secondary N) is 1. The van der Waals surface area contributed by atoms with Crippen molar-refractivity contribution in [2.45, 2.75) is 13.8 Å². The molecule has 4 nitrogen and oxygen atoms in total. The maximum absolute atomic E-state index is 12.5. The predicted molar refractivity (Wildman–Crippen MR) is 98.8 cm³/mol. The number of aromatic nitrogens is 1. The monoisotopic (exact) mass is 330 g/mol. The number of ketones is 1. The van der Waals surface area contributed by atoms with Crippen LogP contribution in [0.1, 0.15) is 33.3 Å². The minimum Gasteiger partial charge on any atom is -0.322 e. The van der Waals surface area contributed by atoms with Gasteiger partial charge in [-0.2, -0.15) is 0 Å². The van der Waals surface area contributed by atoms with Gasteiger partial charge in [0.1, 0.15) is 0 Å². The highest BCUT2D eigenvalue weighted by Crippen LogP contribution is 2.20. The number of carbonyl (C=O) groups excluding carboxylic acids is 2. The van der Waals surface area contributed by atoms with Gasteiger partial charge in [-0.05, 0) is 38.1 Å². The minimum atomic E-state index is -0.245.